The Kier molecular flexibility index (Phi) is 3.69. The maximum Gasteiger partial charge on any atom is 0.313 e. The summed E-state index contributed by atoms with van der Waals surface area (Å²) in [5, 5.41) is 0. The minimum absolute atomic E-state index is 0.177. The van der Waals surface area contributed by atoms with E-state index in [2.05, 4.69) is 11.0 Å². The second-order valence-corrected chi connectivity index (χ2v) is 5.75. The molecule has 19 heavy (non-hydrogen) atoms. The van der Waals surface area contributed by atoms with Crippen molar-refractivity contribution in [1.82, 2.24) is 0 Å². The fraction of sp³-hybridized carbons (Fsp3) is 0.533. The summed E-state index contributed by atoms with van der Waals surface area (Å²) in [5.41, 5.74) is 8.72. The second kappa shape index (κ2) is 5.11. The highest BCUT2D eigenvalue weighted by atomic mass is 16.5. The minimum atomic E-state index is -0.520. The van der Waals surface area contributed by atoms with Crippen LogP contribution in [0.5, 0.6) is 0 Å². The molecule has 1 heterocycles. The molecular weight excluding hydrogens is 240 g/mol. The predicted octanol–water partition coefficient (Wildman–Crippen LogP) is 2.22. The Hall–Kier alpha value is -1.71. The number of anilines is 2. The van der Waals surface area contributed by atoms with Gasteiger partial charge in [-0.05, 0) is 44.4 Å². The van der Waals surface area contributed by atoms with E-state index in [0.717, 1.165) is 30.8 Å². The van der Waals surface area contributed by atoms with Crippen molar-refractivity contribution in [1.29, 1.82) is 0 Å². The third-order valence-electron chi connectivity index (χ3n) is 3.71. The van der Waals surface area contributed by atoms with E-state index in [4.69, 9.17) is 10.5 Å². The SMILES string of the molecule is COC(=O)C(C)(C)CN1CCCc2c(N)cccc21. The van der Waals surface area contributed by atoms with Crippen LogP contribution in [0.4, 0.5) is 11.4 Å². The lowest BCUT2D eigenvalue weighted by molar-refractivity contribution is -0.150. The molecule has 4 heteroatoms. The molecule has 0 radical (unpaired) electrons. The van der Waals surface area contributed by atoms with Crippen LogP contribution in [0.1, 0.15) is 25.8 Å². The average molecular weight is 262 g/mol. The normalized spacial score (nSPS) is 15.0. The van der Waals surface area contributed by atoms with Gasteiger partial charge in [-0.2, -0.15) is 0 Å². The van der Waals surface area contributed by atoms with E-state index in [1.807, 2.05) is 26.0 Å². The number of rotatable bonds is 3. The maximum absolute atomic E-state index is 11.8. The molecule has 0 amide bonds. The lowest BCUT2D eigenvalue weighted by Gasteiger charge is -2.36. The van der Waals surface area contributed by atoms with Crippen LogP contribution >= 0.6 is 0 Å². The molecule has 0 saturated heterocycles. The molecule has 1 aliphatic rings. The molecule has 0 fully saturated rings. The van der Waals surface area contributed by atoms with Crippen molar-refractivity contribution < 1.29 is 9.53 Å². The predicted molar refractivity (Wildman–Crippen MR) is 77.2 cm³/mol. The quantitative estimate of drug-likeness (QED) is 0.670. The van der Waals surface area contributed by atoms with Gasteiger partial charge in [-0.1, -0.05) is 6.07 Å². The molecule has 1 aromatic carbocycles. The topological polar surface area (TPSA) is 55.6 Å². The van der Waals surface area contributed by atoms with Crippen LogP contribution in [0.3, 0.4) is 0 Å². The summed E-state index contributed by atoms with van der Waals surface area (Å²) in [6, 6.07) is 5.99. The van der Waals surface area contributed by atoms with Gasteiger partial charge < -0.3 is 15.4 Å². The number of carbonyl (C=O) groups excluding carboxylic acids is 1. The number of nitrogens with zero attached hydrogens (tertiary/aromatic N) is 1. The molecule has 0 aromatic heterocycles. The van der Waals surface area contributed by atoms with Gasteiger partial charge in [0.05, 0.1) is 12.5 Å². The number of fused-ring (bicyclic) bond motifs is 1. The van der Waals surface area contributed by atoms with Crippen molar-refractivity contribution in [3.63, 3.8) is 0 Å². The molecule has 4 nitrogen and oxygen atoms in total. The fourth-order valence-electron chi connectivity index (χ4n) is 2.71. The van der Waals surface area contributed by atoms with Gasteiger partial charge in [0.25, 0.3) is 0 Å². The van der Waals surface area contributed by atoms with Crippen LogP contribution < -0.4 is 10.6 Å². The van der Waals surface area contributed by atoms with Gasteiger partial charge in [0.15, 0.2) is 0 Å². The number of nitrogen functional groups attached to an aromatic ring is 1. The third-order valence-corrected chi connectivity index (χ3v) is 3.71. The minimum Gasteiger partial charge on any atom is -0.469 e. The van der Waals surface area contributed by atoms with E-state index >= 15 is 0 Å². The average Bonchev–Trinajstić information content (AvgIpc) is 2.38. The monoisotopic (exact) mass is 262 g/mol. The molecule has 104 valence electrons. The molecule has 0 bridgehead atoms. The number of esters is 1. The standard InChI is InChI=1S/C15H22N2O2/c1-15(2,14(18)19-3)10-17-9-5-6-11-12(16)7-4-8-13(11)17/h4,7-8H,5-6,9-10,16H2,1-3H3. The van der Waals surface area contributed by atoms with Gasteiger partial charge in [-0.25, -0.2) is 0 Å². The van der Waals surface area contributed by atoms with E-state index in [1.165, 1.54) is 12.7 Å². The Balaban J connectivity index is 2.25. The van der Waals surface area contributed by atoms with Gasteiger partial charge in [0.1, 0.15) is 0 Å². The third kappa shape index (κ3) is 2.67. The molecule has 0 saturated carbocycles. The molecule has 1 aromatic rings. The summed E-state index contributed by atoms with van der Waals surface area (Å²) in [5.74, 6) is -0.177. The van der Waals surface area contributed by atoms with Gasteiger partial charge >= 0.3 is 5.97 Å². The van der Waals surface area contributed by atoms with Crippen LogP contribution in [-0.4, -0.2) is 26.2 Å². The first-order valence-corrected chi connectivity index (χ1v) is 6.66. The first kappa shape index (κ1) is 13.7. The van der Waals surface area contributed by atoms with Crippen molar-refractivity contribution in [2.75, 3.05) is 30.8 Å². The molecule has 0 spiro atoms. The first-order valence-electron chi connectivity index (χ1n) is 6.66. The van der Waals surface area contributed by atoms with E-state index in [-0.39, 0.29) is 5.97 Å². The number of methoxy groups -OCH3 is 1. The van der Waals surface area contributed by atoms with Gasteiger partial charge in [0.2, 0.25) is 0 Å². The summed E-state index contributed by atoms with van der Waals surface area (Å²) < 4.78 is 4.88. The molecule has 0 unspecified atom stereocenters. The highest BCUT2D eigenvalue weighted by Gasteiger charge is 2.32. The largest absolute Gasteiger partial charge is 0.469 e. The van der Waals surface area contributed by atoms with E-state index in [1.54, 1.807) is 0 Å². The Morgan fingerprint density at radius 3 is 2.89 bits per heavy atom. The van der Waals surface area contributed by atoms with Crippen LogP contribution in [0.2, 0.25) is 0 Å². The highest BCUT2D eigenvalue weighted by molar-refractivity contribution is 5.77. The highest BCUT2D eigenvalue weighted by Crippen LogP contribution is 2.33. The summed E-state index contributed by atoms with van der Waals surface area (Å²) >= 11 is 0. The van der Waals surface area contributed by atoms with Crippen LogP contribution in [0, 0.1) is 5.41 Å². The maximum atomic E-state index is 11.8. The van der Waals surface area contributed by atoms with Crippen LogP contribution in [-0.2, 0) is 16.0 Å². The van der Waals surface area contributed by atoms with E-state index < -0.39 is 5.41 Å². The fourth-order valence-corrected chi connectivity index (χ4v) is 2.71. The zero-order chi connectivity index (χ0) is 14.0. The summed E-state index contributed by atoms with van der Waals surface area (Å²) in [6.07, 6.45) is 2.08. The van der Waals surface area contributed by atoms with Gasteiger partial charge in [-0.3, -0.25) is 4.79 Å². The second-order valence-electron chi connectivity index (χ2n) is 5.75. The zero-order valence-electron chi connectivity index (χ0n) is 11.9. The molecule has 2 rings (SSSR count). The lowest BCUT2D eigenvalue weighted by atomic mass is 9.90. The van der Waals surface area contributed by atoms with Gasteiger partial charge in [-0.15, -0.1) is 0 Å². The zero-order valence-corrected chi connectivity index (χ0v) is 11.9. The molecule has 0 atom stereocenters. The molecule has 0 aliphatic carbocycles. The van der Waals surface area contributed by atoms with Crippen LogP contribution in [0.15, 0.2) is 18.2 Å². The van der Waals surface area contributed by atoms with Crippen molar-refractivity contribution in [2.24, 2.45) is 5.41 Å². The number of ether oxygens (including phenoxy) is 1. The van der Waals surface area contributed by atoms with Crippen molar-refractivity contribution in [2.45, 2.75) is 26.7 Å². The van der Waals surface area contributed by atoms with Crippen LogP contribution in [0.25, 0.3) is 0 Å². The van der Waals surface area contributed by atoms with Crippen molar-refractivity contribution >= 4 is 17.3 Å². The number of benzene rings is 1. The molecule has 1 aliphatic heterocycles. The Bertz CT molecular complexity index is 483. The Labute approximate surface area is 114 Å². The summed E-state index contributed by atoms with van der Waals surface area (Å²) in [7, 11) is 1.44. The van der Waals surface area contributed by atoms with E-state index in [0.29, 0.717) is 6.54 Å². The van der Waals surface area contributed by atoms with Crippen molar-refractivity contribution in [3.8, 4) is 0 Å². The number of hydrogen-bond acceptors (Lipinski definition) is 4. The van der Waals surface area contributed by atoms with Gasteiger partial charge in [0, 0.05) is 24.5 Å². The number of nitrogens with two attached hydrogens (primary N) is 1. The molecule has 2 N–H and O–H groups in total. The smallest absolute Gasteiger partial charge is 0.313 e. The summed E-state index contributed by atoms with van der Waals surface area (Å²) in [4.78, 5) is 14.1. The number of carbonyl (C=O) groups is 1. The first-order chi connectivity index (χ1) is 8.95. The van der Waals surface area contributed by atoms with Crippen molar-refractivity contribution in [3.05, 3.63) is 23.8 Å². The Morgan fingerprint density at radius 1 is 1.47 bits per heavy atom. The van der Waals surface area contributed by atoms with E-state index in [9.17, 15) is 4.79 Å². The lowest BCUT2D eigenvalue weighted by Crippen LogP contribution is -2.42. The molecular formula is C15H22N2O2. The summed E-state index contributed by atoms with van der Waals surface area (Å²) in [6.45, 7) is 5.44. The number of hydrogen-bond donors (Lipinski definition) is 1. The Morgan fingerprint density at radius 2 is 2.21 bits per heavy atom.